The predicted molar refractivity (Wildman–Crippen MR) is 76.1 cm³/mol. The van der Waals surface area contributed by atoms with E-state index in [-0.39, 0.29) is 11.6 Å². The normalized spacial score (nSPS) is 15.0. The van der Waals surface area contributed by atoms with E-state index in [0.29, 0.717) is 5.41 Å². The molecule has 0 aliphatic rings. The van der Waals surface area contributed by atoms with E-state index in [4.69, 9.17) is 4.42 Å². The van der Waals surface area contributed by atoms with Crippen molar-refractivity contribution < 1.29 is 4.42 Å². The molecule has 98 valence electrons. The Morgan fingerprint density at radius 2 is 1.82 bits per heavy atom. The molecule has 0 spiro atoms. The highest BCUT2D eigenvalue weighted by atomic mass is 79.9. The lowest BCUT2D eigenvalue weighted by Crippen LogP contribution is -2.43. The average Bonchev–Trinajstić information content (AvgIpc) is 2.45. The first kappa shape index (κ1) is 14.8. The van der Waals surface area contributed by atoms with E-state index in [0.717, 1.165) is 16.9 Å². The molecule has 0 saturated heterocycles. The number of nitrogens with one attached hydrogen (secondary N) is 1. The van der Waals surface area contributed by atoms with Crippen molar-refractivity contribution in [2.24, 2.45) is 5.41 Å². The SMILES string of the molecule is CC(NC(C)(C)CC(C)(C)C)c1ccc(Br)o1. The van der Waals surface area contributed by atoms with E-state index in [1.807, 2.05) is 12.1 Å². The van der Waals surface area contributed by atoms with E-state index < -0.39 is 0 Å². The summed E-state index contributed by atoms with van der Waals surface area (Å²) in [6.45, 7) is 13.4. The Morgan fingerprint density at radius 3 is 2.24 bits per heavy atom. The van der Waals surface area contributed by atoms with Gasteiger partial charge >= 0.3 is 0 Å². The minimum atomic E-state index is 0.0942. The Hall–Kier alpha value is -0.280. The second-order valence-electron chi connectivity index (χ2n) is 6.63. The second-order valence-corrected chi connectivity index (χ2v) is 7.41. The van der Waals surface area contributed by atoms with Crippen LogP contribution in [0.1, 0.15) is 59.8 Å². The Labute approximate surface area is 113 Å². The van der Waals surface area contributed by atoms with Crippen molar-refractivity contribution in [3.05, 3.63) is 22.6 Å². The van der Waals surface area contributed by atoms with Gasteiger partial charge in [0, 0.05) is 5.54 Å². The van der Waals surface area contributed by atoms with Gasteiger partial charge in [0.1, 0.15) is 5.76 Å². The summed E-state index contributed by atoms with van der Waals surface area (Å²) in [5, 5.41) is 3.63. The molecule has 0 saturated carbocycles. The van der Waals surface area contributed by atoms with E-state index in [2.05, 4.69) is 62.8 Å². The van der Waals surface area contributed by atoms with Crippen molar-refractivity contribution in [3.8, 4) is 0 Å². The number of hydrogen-bond donors (Lipinski definition) is 1. The van der Waals surface area contributed by atoms with Crippen LogP contribution in [0.25, 0.3) is 0 Å². The van der Waals surface area contributed by atoms with Gasteiger partial charge in [-0.1, -0.05) is 20.8 Å². The molecule has 0 fully saturated rings. The fourth-order valence-electron chi connectivity index (χ4n) is 2.60. The van der Waals surface area contributed by atoms with Crippen LogP contribution in [0.5, 0.6) is 0 Å². The van der Waals surface area contributed by atoms with Gasteiger partial charge < -0.3 is 9.73 Å². The van der Waals surface area contributed by atoms with Crippen LogP contribution in [-0.4, -0.2) is 5.54 Å². The van der Waals surface area contributed by atoms with Crippen LogP contribution in [0.4, 0.5) is 0 Å². The number of halogens is 1. The maximum Gasteiger partial charge on any atom is 0.169 e. The van der Waals surface area contributed by atoms with Crippen molar-refractivity contribution in [2.75, 3.05) is 0 Å². The number of rotatable bonds is 4. The molecular weight excluding hydrogens is 278 g/mol. The van der Waals surface area contributed by atoms with Gasteiger partial charge in [-0.2, -0.15) is 0 Å². The first-order chi connectivity index (χ1) is 7.59. The third-order valence-electron chi connectivity index (χ3n) is 2.60. The summed E-state index contributed by atoms with van der Waals surface area (Å²) in [4.78, 5) is 0. The molecule has 0 aromatic carbocycles. The monoisotopic (exact) mass is 301 g/mol. The van der Waals surface area contributed by atoms with Gasteiger partial charge in [0.25, 0.3) is 0 Å². The smallest absolute Gasteiger partial charge is 0.169 e. The van der Waals surface area contributed by atoms with Crippen LogP contribution in [-0.2, 0) is 0 Å². The number of furan rings is 1. The van der Waals surface area contributed by atoms with Gasteiger partial charge in [-0.05, 0) is 60.7 Å². The molecule has 1 atom stereocenters. The first-order valence-electron chi connectivity index (χ1n) is 6.12. The van der Waals surface area contributed by atoms with Crippen LogP contribution < -0.4 is 5.32 Å². The molecule has 17 heavy (non-hydrogen) atoms. The molecule has 1 aromatic heterocycles. The highest BCUT2D eigenvalue weighted by Crippen LogP contribution is 2.29. The minimum Gasteiger partial charge on any atom is -0.453 e. The summed E-state index contributed by atoms with van der Waals surface area (Å²) in [6, 6.07) is 4.16. The van der Waals surface area contributed by atoms with Crippen molar-refractivity contribution in [1.82, 2.24) is 5.32 Å². The van der Waals surface area contributed by atoms with Crippen LogP contribution in [0, 0.1) is 5.41 Å². The maximum absolute atomic E-state index is 5.58. The number of hydrogen-bond acceptors (Lipinski definition) is 2. The highest BCUT2D eigenvalue weighted by molar-refractivity contribution is 9.10. The zero-order valence-electron chi connectivity index (χ0n) is 11.7. The second kappa shape index (κ2) is 5.15. The molecule has 0 radical (unpaired) electrons. The Kier molecular flexibility index (Phi) is 4.48. The average molecular weight is 302 g/mol. The quantitative estimate of drug-likeness (QED) is 0.855. The Morgan fingerprint density at radius 1 is 1.24 bits per heavy atom. The van der Waals surface area contributed by atoms with E-state index in [1.54, 1.807) is 0 Å². The molecule has 1 unspecified atom stereocenters. The molecule has 2 nitrogen and oxygen atoms in total. The zero-order valence-corrected chi connectivity index (χ0v) is 13.3. The van der Waals surface area contributed by atoms with Crippen molar-refractivity contribution in [3.63, 3.8) is 0 Å². The Bertz CT molecular complexity index is 363. The van der Waals surface area contributed by atoms with Crippen molar-refractivity contribution in [1.29, 1.82) is 0 Å². The molecule has 0 aliphatic heterocycles. The van der Waals surface area contributed by atoms with Crippen molar-refractivity contribution >= 4 is 15.9 Å². The molecule has 0 amide bonds. The van der Waals surface area contributed by atoms with Gasteiger partial charge in [0.2, 0.25) is 0 Å². The zero-order chi connectivity index (χ0) is 13.3. The summed E-state index contributed by atoms with van der Waals surface area (Å²) in [6.07, 6.45) is 1.12. The lowest BCUT2D eigenvalue weighted by molar-refractivity contribution is 0.218. The summed E-state index contributed by atoms with van der Waals surface area (Å²) in [5.74, 6) is 0.971. The molecule has 1 aromatic rings. The topological polar surface area (TPSA) is 25.2 Å². The molecule has 1 heterocycles. The van der Waals surface area contributed by atoms with Gasteiger partial charge in [-0.25, -0.2) is 0 Å². The summed E-state index contributed by atoms with van der Waals surface area (Å²) >= 11 is 3.33. The Balaban J connectivity index is 2.64. The molecule has 1 N–H and O–H groups in total. The standard InChI is InChI=1S/C14H24BrNO/c1-10(11-7-8-12(15)17-11)16-14(5,6)9-13(2,3)4/h7-8,10,16H,9H2,1-6H3. The largest absolute Gasteiger partial charge is 0.453 e. The van der Waals surface area contributed by atoms with Crippen LogP contribution >= 0.6 is 15.9 Å². The van der Waals surface area contributed by atoms with Gasteiger partial charge in [-0.3, -0.25) is 0 Å². The van der Waals surface area contributed by atoms with Crippen LogP contribution in [0.3, 0.4) is 0 Å². The lowest BCUT2D eigenvalue weighted by atomic mass is 9.81. The van der Waals surface area contributed by atoms with Gasteiger partial charge in [-0.15, -0.1) is 0 Å². The van der Waals surface area contributed by atoms with Crippen molar-refractivity contribution in [2.45, 2.75) is 59.5 Å². The molecule has 0 aliphatic carbocycles. The van der Waals surface area contributed by atoms with Crippen LogP contribution in [0.2, 0.25) is 0 Å². The fraction of sp³-hybridized carbons (Fsp3) is 0.714. The summed E-state index contributed by atoms with van der Waals surface area (Å²) < 4.78 is 6.36. The minimum absolute atomic E-state index is 0.0942. The van der Waals surface area contributed by atoms with E-state index in [9.17, 15) is 0 Å². The third kappa shape index (κ3) is 5.26. The summed E-state index contributed by atoms with van der Waals surface area (Å²) in [5.41, 5.74) is 0.414. The lowest BCUT2D eigenvalue weighted by Gasteiger charge is -2.35. The third-order valence-corrected chi connectivity index (χ3v) is 3.03. The van der Waals surface area contributed by atoms with E-state index in [1.165, 1.54) is 0 Å². The molecular formula is C14H24BrNO. The van der Waals surface area contributed by atoms with Gasteiger partial charge in [0.15, 0.2) is 4.67 Å². The summed E-state index contributed by atoms with van der Waals surface area (Å²) in [7, 11) is 0. The molecule has 0 bridgehead atoms. The molecule has 1 rings (SSSR count). The maximum atomic E-state index is 5.58. The molecule has 3 heteroatoms. The van der Waals surface area contributed by atoms with E-state index >= 15 is 0 Å². The predicted octanol–water partition coefficient (Wildman–Crippen LogP) is 4.91. The van der Waals surface area contributed by atoms with Crippen LogP contribution in [0.15, 0.2) is 21.2 Å². The fourth-order valence-corrected chi connectivity index (χ4v) is 2.91. The first-order valence-corrected chi connectivity index (χ1v) is 6.91. The van der Waals surface area contributed by atoms with Gasteiger partial charge in [0.05, 0.1) is 6.04 Å². The highest BCUT2D eigenvalue weighted by Gasteiger charge is 2.27.